The van der Waals surface area contributed by atoms with Crippen LogP contribution in [0.1, 0.15) is 37.7 Å². The van der Waals surface area contributed by atoms with Crippen LogP contribution in [-0.4, -0.2) is 24.2 Å². The van der Waals surface area contributed by atoms with Gasteiger partial charge in [-0.15, -0.1) is 0 Å². The van der Waals surface area contributed by atoms with Crippen LogP contribution < -0.4 is 0 Å². The predicted molar refractivity (Wildman–Crippen MR) is 80.0 cm³/mol. The zero-order valence-electron chi connectivity index (χ0n) is 10.7. The molecular formula is C14H23NS2. The van der Waals surface area contributed by atoms with Gasteiger partial charge in [0, 0.05) is 13.1 Å². The highest BCUT2D eigenvalue weighted by Crippen LogP contribution is 2.38. The Morgan fingerprint density at radius 1 is 1.35 bits per heavy atom. The van der Waals surface area contributed by atoms with E-state index in [-0.39, 0.29) is 0 Å². The summed E-state index contributed by atoms with van der Waals surface area (Å²) in [5.41, 5.74) is 1.93. The average molecular weight is 269 g/mol. The molecule has 1 heterocycles. The highest BCUT2D eigenvalue weighted by Gasteiger charge is 2.31. The summed E-state index contributed by atoms with van der Waals surface area (Å²) in [6.07, 6.45) is 6.94. The molecule has 0 aromatic carbocycles. The van der Waals surface area contributed by atoms with Gasteiger partial charge in [0.15, 0.2) is 0 Å². The monoisotopic (exact) mass is 269 g/mol. The molecule has 1 nitrogen and oxygen atoms in total. The van der Waals surface area contributed by atoms with Gasteiger partial charge in [0.25, 0.3) is 0 Å². The molecule has 1 fully saturated rings. The number of hydrogen-bond acceptors (Lipinski definition) is 3. The normalized spacial score (nSPS) is 19.7. The standard InChI is InChI=1S/C14H23NS2/c1-15(9-13-5-8-17-10-13)11-14(12-16)6-3-2-4-7-14/h5,8,10,16H,2-4,6-7,9,11-12H2,1H3. The van der Waals surface area contributed by atoms with Crippen LogP contribution in [0.25, 0.3) is 0 Å². The second kappa shape index (κ2) is 6.26. The summed E-state index contributed by atoms with van der Waals surface area (Å²) in [7, 11) is 2.25. The Hall–Kier alpha value is 0.01000. The van der Waals surface area contributed by atoms with E-state index in [1.165, 1.54) is 44.2 Å². The first-order chi connectivity index (χ1) is 8.24. The van der Waals surface area contributed by atoms with Gasteiger partial charge in [-0.1, -0.05) is 19.3 Å². The average Bonchev–Trinajstić information content (AvgIpc) is 2.83. The van der Waals surface area contributed by atoms with Crippen molar-refractivity contribution in [2.24, 2.45) is 5.41 Å². The third-order valence-corrected chi connectivity index (χ3v) is 5.29. The Labute approximate surface area is 115 Å². The maximum Gasteiger partial charge on any atom is 0.0239 e. The molecule has 1 saturated carbocycles. The van der Waals surface area contributed by atoms with E-state index in [1.807, 2.05) is 0 Å². The molecule has 0 saturated heterocycles. The number of hydrogen-bond donors (Lipinski definition) is 1. The van der Waals surface area contributed by atoms with Gasteiger partial charge in [0.1, 0.15) is 0 Å². The molecule has 0 spiro atoms. The van der Waals surface area contributed by atoms with Gasteiger partial charge in [0.2, 0.25) is 0 Å². The molecule has 0 amide bonds. The van der Waals surface area contributed by atoms with Crippen LogP contribution in [0, 0.1) is 5.41 Å². The molecule has 0 bridgehead atoms. The highest BCUT2D eigenvalue weighted by atomic mass is 32.1. The molecular weight excluding hydrogens is 246 g/mol. The molecule has 2 rings (SSSR count). The van der Waals surface area contributed by atoms with Crippen molar-refractivity contribution >= 4 is 24.0 Å². The van der Waals surface area contributed by atoms with Gasteiger partial charge in [-0.25, -0.2) is 0 Å². The molecule has 0 N–H and O–H groups in total. The lowest BCUT2D eigenvalue weighted by Crippen LogP contribution is -2.38. The summed E-state index contributed by atoms with van der Waals surface area (Å²) >= 11 is 6.40. The maximum absolute atomic E-state index is 4.61. The van der Waals surface area contributed by atoms with Gasteiger partial charge >= 0.3 is 0 Å². The molecule has 0 radical (unpaired) electrons. The van der Waals surface area contributed by atoms with Crippen molar-refractivity contribution < 1.29 is 0 Å². The fourth-order valence-corrected chi connectivity index (χ4v) is 4.07. The van der Waals surface area contributed by atoms with Crippen molar-refractivity contribution in [2.45, 2.75) is 38.6 Å². The minimum Gasteiger partial charge on any atom is -0.302 e. The van der Waals surface area contributed by atoms with E-state index in [0.717, 1.165) is 12.3 Å². The van der Waals surface area contributed by atoms with Crippen LogP contribution in [-0.2, 0) is 6.54 Å². The summed E-state index contributed by atoms with van der Waals surface area (Å²) in [5.74, 6) is 1.04. The minimum atomic E-state index is 0.478. The summed E-state index contributed by atoms with van der Waals surface area (Å²) in [5, 5.41) is 4.42. The second-order valence-corrected chi connectivity index (χ2v) is 6.62. The molecule has 1 aliphatic carbocycles. The van der Waals surface area contributed by atoms with Crippen molar-refractivity contribution in [3.05, 3.63) is 22.4 Å². The fraction of sp³-hybridized carbons (Fsp3) is 0.714. The van der Waals surface area contributed by atoms with Gasteiger partial charge in [0.05, 0.1) is 0 Å². The molecule has 0 atom stereocenters. The molecule has 1 aromatic heterocycles. The molecule has 1 aliphatic rings. The van der Waals surface area contributed by atoms with E-state index in [1.54, 1.807) is 11.3 Å². The quantitative estimate of drug-likeness (QED) is 0.789. The lowest BCUT2D eigenvalue weighted by Gasteiger charge is -2.39. The van der Waals surface area contributed by atoms with Crippen LogP contribution in [0.3, 0.4) is 0 Å². The van der Waals surface area contributed by atoms with Gasteiger partial charge < -0.3 is 4.90 Å². The zero-order valence-corrected chi connectivity index (χ0v) is 12.4. The molecule has 0 unspecified atom stereocenters. The lowest BCUT2D eigenvalue weighted by molar-refractivity contribution is 0.140. The van der Waals surface area contributed by atoms with Gasteiger partial charge in [-0.3, -0.25) is 0 Å². The molecule has 17 heavy (non-hydrogen) atoms. The van der Waals surface area contributed by atoms with E-state index >= 15 is 0 Å². The van der Waals surface area contributed by atoms with Crippen molar-refractivity contribution in [3.63, 3.8) is 0 Å². The minimum absolute atomic E-state index is 0.478. The summed E-state index contributed by atoms with van der Waals surface area (Å²) in [6.45, 7) is 2.28. The van der Waals surface area contributed by atoms with Gasteiger partial charge in [-0.05, 0) is 53.4 Å². The molecule has 0 aliphatic heterocycles. The van der Waals surface area contributed by atoms with Crippen molar-refractivity contribution in [1.29, 1.82) is 0 Å². The highest BCUT2D eigenvalue weighted by molar-refractivity contribution is 7.80. The van der Waals surface area contributed by atoms with Crippen molar-refractivity contribution in [2.75, 3.05) is 19.3 Å². The molecule has 96 valence electrons. The second-order valence-electron chi connectivity index (χ2n) is 5.52. The smallest absolute Gasteiger partial charge is 0.0239 e. The van der Waals surface area contributed by atoms with E-state index in [4.69, 9.17) is 0 Å². The van der Waals surface area contributed by atoms with Crippen LogP contribution in [0.2, 0.25) is 0 Å². The third kappa shape index (κ3) is 3.73. The Bertz CT molecular complexity index is 315. The van der Waals surface area contributed by atoms with Crippen molar-refractivity contribution in [3.8, 4) is 0 Å². The van der Waals surface area contributed by atoms with E-state index in [2.05, 4.69) is 41.4 Å². The van der Waals surface area contributed by atoms with Crippen LogP contribution in [0.4, 0.5) is 0 Å². The van der Waals surface area contributed by atoms with Crippen LogP contribution in [0.15, 0.2) is 16.8 Å². The first-order valence-electron chi connectivity index (χ1n) is 6.55. The largest absolute Gasteiger partial charge is 0.302 e. The Kier molecular flexibility index (Phi) is 4.95. The van der Waals surface area contributed by atoms with E-state index in [9.17, 15) is 0 Å². The Balaban J connectivity index is 1.89. The molecule has 3 heteroatoms. The van der Waals surface area contributed by atoms with Crippen LogP contribution >= 0.6 is 24.0 Å². The molecule has 1 aromatic rings. The predicted octanol–water partition coefficient (Wildman–Crippen LogP) is 4.06. The van der Waals surface area contributed by atoms with E-state index in [0.29, 0.717) is 5.41 Å². The van der Waals surface area contributed by atoms with E-state index < -0.39 is 0 Å². The Morgan fingerprint density at radius 3 is 2.71 bits per heavy atom. The first-order valence-corrected chi connectivity index (χ1v) is 8.12. The topological polar surface area (TPSA) is 3.24 Å². The number of nitrogens with zero attached hydrogens (tertiary/aromatic N) is 1. The number of thiophene rings is 1. The summed E-state index contributed by atoms with van der Waals surface area (Å²) < 4.78 is 0. The lowest BCUT2D eigenvalue weighted by atomic mass is 9.75. The Morgan fingerprint density at radius 2 is 2.12 bits per heavy atom. The zero-order chi connectivity index (χ0) is 12.1. The maximum atomic E-state index is 4.61. The number of rotatable bonds is 5. The number of thiol groups is 1. The van der Waals surface area contributed by atoms with Crippen molar-refractivity contribution in [1.82, 2.24) is 4.90 Å². The SMILES string of the molecule is CN(Cc1ccsc1)CC1(CS)CCCCC1. The summed E-state index contributed by atoms with van der Waals surface area (Å²) in [6, 6.07) is 2.23. The summed E-state index contributed by atoms with van der Waals surface area (Å²) in [4.78, 5) is 2.48. The fourth-order valence-electron chi connectivity index (χ4n) is 2.99. The first kappa shape index (κ1) is 13.4. The van der Waals surface area contributed by atoms with Gasteiger partial charge in [-0.2, -0.15) is 24.0 Å². The van der Waals surface area contributed by atoms with Crippen LogP contribution in [0.5, 0.6) is 0 Å². The third-order valence-electron chi connectivity index (χ3n) is 3.89.